The number of nitriles is 1. The lowest BCUT2D eigenvalue weighted by Crippen LogP contribution is -2.12. The van der Waals surface area contributed by atoms with Crippen molar-refractivity contribution in [3.8, 4) is 6.07 Å². The third-order valence-corrected chi connectivity index (χ3v) is 2.95. The van der Waals surface area contributed by atoms with E-state index in [9.17, 15) is 4.79 Å². The molecule has 1 N–H and O–H groups in total. The lowest BCUT2D eigenvalue weighted by atomic mass is 10.1. The number of carbonyl (C=O) groups excluding carboxylic acids is 1. The average molecular weight is 271 g/mol. The summed E-state index contributed by atoms with van der Waals surface area (Å²) in [4.78, 5) is 12.0. The molecule has 4 heteroatoms. The molecule has 0 atom stereocenters. The van der Waals surface area contributed by atoms with E-state index in [4.69, 9.17) is 16.9 Å². The summed E-state index contributed by atoms with van der Waals surface area (Å²) >= 11 is 5.86. The molecule has 0 radical (unpaired) electrons. The Morgan fingerprint density at radius 2 is 1.89 bits per heavy atom. The molecule has 0 saturated carbocycles. The SMILES string of the molecule is Cc1cc(Cl)ccc1NC(=O)c1ccc(C#N)cc1. The lowest BCUT2D eigenvalue weighted by molar-refractivity contribution is 0.102. The number of hydrogen-bond donors (Lipinski definition) is 1. The zero-order valence-corrected chi connectivity index (χ0v) is 11.0. The van der Waals surface area contributed by atoms with Crippen LogP contribution in [0.15, 0.2) is 42.5 Å². The second-order valence-electron chi connectivity index (χ2n) is 4.10. The van der Waals surface area contributed by atoms with Gasteiger partial charge in [-0.2, -0.15) is 5.26 Å². The Morgan fingerprint density at radius 1 is 1.21 bits per heavy atom. The van der Waals surface area contributed by atoms with Gasteiger partial charge >= 0.3 is 0 Å². The third kappa shape index (κ3) is 3.12. The smallest absolute Gasteiger partial charge is 0.255 e. The Balaban J connectivity index is 2.18. The van der Waals surface area contributed by atoms with Crippen molar-refractivity contribution in [2.24, 2.45) is 0 Å². The largest absolute Gasteiger partial charge is 0.322 e. The Hall–Kier alpha value is -2.31. The molecule has 2 aromatic carbocycles. The van der Waals surface area contributed by atoms with Gasteiger partial charge in [-0.1, -0.05) is 11.6 Å². The zero-order valence-electron chi connectivity index (χ0n) is 10.3. The molecule has 0 saturated heterocycles. The molecule has 0 fully saturated rings. The molecule has 1 amide bonds. The van der Waals surface area contributed by atoms with Gasteiger partial charge in [0.25, 0.3) is 5.91 Å². The van der Waals surface area contributed by atoms with Crippen molar-refractivity contribution in [1.29, 1.82) is 5.26 Å². The summed E-state index contributed by atoms with van der Waals surface area (Å²) < 4.78 is 0. The van der Waals surface area contributed by atoms with Gasteiger partial charge in [0.2, 0.25) is 0 Å². The fourth-order valence-corrected chi connectivity index (χ4v) is 1.88. The van der Waals surface area contributed by atoms with Gasteiger partial charge < -0.3 is 5.32 Å². The van der Waals surface area contributed by atoms with E-state index in [1.807, 2.05) is 13.0 Å². The predicted molar refractivity (Wildman–Crippen MR) is 75.3 cm³/mol. The number of hydrogen-bond acceptors (Lipinski definition) is 2. The van der Waals surface area contributed by atoms with Gasteiger partial charge in [-0.15, -0.1) is 0 Å². The predicted octanol–water partition coefficient (Wildman–Crippen LogP) is 3.77. The monoisotopic (exact) mass is 270 g/mol. The number of halogens is 1. The number of aryl methyl sites for hydroxylation is 1. The highest BCUT2D eigenvalue weighted by molar-refractivity contribution is 6.30. The fraction of sp³-hybridized carbons (Fsp3) is 0.0667. The Kier molecular flexibility index (Phi) is 3.84. The third-order valence-electron chi connectivity index (χ3n) is 2.71. The van der Waals surface area contributed by atoms with Gasteiger partial charge in [-0.3, -0.25) is 4.79 Å². The lowest BCUT2D eigenvalue weighted by Gasteiger charge is -2.08. The number of nitrogens with zero attached hydrogens (tertiary/aromatic N) is 1. The standard InChI is InChI=1S/C15H11ClN2O/c1-10-8-13(16)6-7-14(10)18-15(19)12-4-2-11(9-17)3-5-12/h2-8H,1H3,(H,18,19). The molecule has 3 nitrogen and oxygen atoms in total. The fourth-order valence-electron chi connectivity index (χ4n) is 1.66. The van der Waals surface area contributed by atoms with E-state index in [-0.39, 0.29) is 5.91 Å². The number of rotatable bonds is 2. The number of benzene rings is 2. The van der Waals surface area contributed by atoms with Crippen LogP contribution in [0.25, 0.3) is 0 Å². The van der Waals surface area contributed by atoms with Gasteiger partial charge in [0.15, 0.2) is 0 Å². The van der Waals surface area contributed by atoms with E-state index < -0.39 is 0 Å². The van der Waals surface area contributed by atoms with Crippen LogP contribution in [0.4, 0.5) is 5.69 Å². The molecule has 19 heavy (non-hydrogen) atoms. The van der Waals surface area contributed by atoms with Crippen molar-refractivity contribution in [3.63, 3.8) is 0 Å². The number of nitrogens with one attached hydrogen (secondary N) is 1. The maximum atomic E-state index is 12.0. The van der Waals surface area contributed by atoms with Crippen LogP contribution in [0.3, 0.4) is 0 Å². The molecule has 0 aromatic heterocycles. The van der Waals surface area contributed by atoms with E-state index in [1.165, 1.54) is 0 Å². The molecule has 0 spiro atoms. The van der Waals surface area contributed by atoms with Crippen LogP contribution in [-0.2, 0) is 0 Å². The van der Waals surface area contributed by atoms with Crippen LogP contribution in [0, 0.1) is 18.3 Å². The second-order valence-corrected chi connectivity index (χ2v) is 4.54. The van der Waals surface area contributed by atoms with Crippen molar-refractivity contribution in [3.05, 3.63) is 64.2 Å². The first kappa shape index (κ1) is 13.1. The highest BCUT2D eigenvalue weighted by atomic mass is 35.5. The van der Waals surface area contributed by atoms with Gasteiger partial charge in [0, 0.05) is 16.3 Å². The molecule has 0 bridgehead atoms. The molecule has 2 rings (SSSR count). The van der Waals surface area contributed by atoms with E-state index in [2.05, 4.69) is 5.32 Å². The minimum absolute atomic E-state index is 0.213. The van der Waals surface area contributed by atoms with Gasteiger partial charge in [0.05, 0.1) is 11.6 Å². The Labute approximate surface area is 116 Å². The van der Waals surface area contributed by atoms with E-state index in [0.717, 1.165) is 11.3 Å². The summed E-state index contributed by atoms with van der Waals surface area (Å²) in [5.41, 5.74) is 2.65. The number of amides is 1. The quantitative estimate of drug-likeness (QED) is 0.903. The Morgan fingerprint density at radius 3 is 2.47 bits per heavy atom. The highest BCUT2D eigenvalue weighted by Crippen LogP contribution is 2.20. The molecule has 0 aliphatic rings. The topological polar surface area (TPSA) is 52.9 Å². The van der Waals surface area contributed by atoms with Crippen molar-refractivity contribution in [2.75, 3.05) is 5.32 Å². The molecule has 0 aliphatic heterocycles. The molecule has 0 unspecified atom stereocenters. The van der Waals surface area contributed by atoms with E-state index in [0.29, 0.717) is 16.1 Å². The highest BCUT2D eigenvalue weighted by Gasteiger charge is 2.07. The van der Waals surface area contributed by atoms with Crippen LogP contribution in [0.1, 0.15) is 21.5 Å². The van der Waals surface area contributed by atoms with Gasteiger partial charge in [-0.05, 0) is 55.0 Å². The number of carbonyl (C=O) groups is 1. The molecule has 0 aliphatic carbocycles. The van der Waals surface area contributed by atoms with Crippen molar-refractivity contribution >= 4 is 23.2 Å². The van der Waals surface area contributed by atoms with Crippen LogP contribution in [0.2, 0.25) is 5.02 Å². The molecular weight excluding hydrogens is 260 g/mol. The second kappa shape index (κ2) is 5.55. The van der Waals surface area contributed by atoms with Crippen LogP contribution in [-0.4, -0.2) is 5.91 Å². The zero-order chi connectivity index (χ0) is 13.8. The van der Waals surface area contributed by atoms with Gasteiger partial charge in [0.1, 0.15) is 0 Å². The summed E-state index contributed by atoms with van der Waals surface area (Å²) in [5.74, 6) is -0.213. The average Bonchev–Trinajstić information content (AvgIpc) is 2.42. The summed E-state index contributed by atoms with van der Waals surface area (Å²) in [6.07, 6.45) is 0. The molecule has 2 aromatic rings. The summed E-state index contributed by atoms with van der Waals surface area (Å²) in [6, 6.07) is 13.8. The van der Waals surface area contributed by atoms with E-state index in [1.54, 1.807) is 42.5 Å². The van der Waals surface area contributed by atoms with E-state index >= 15 is 0 Å². The van der Waals surface area contributed by atoms with Gasteiger partial charge in [-0.25, -0.2) is 0 Å². The summed E-state index contributed by atoms with van der Waals surface area (Å²) in [6.45, 7) is 1.88. The minimum atomic E-state index is -0.213. The minimum Gasteiger partial charge on any atom is -0.322 e. The van der Waals surface area contributed by atoms with Crippen molar-refractivity contribution in [2.45, 2.75) is 6.92 Å². The first-order valence-corrected chi connectivity index (χ1v) is 6.05. The first-order chi connectivity index (χ1) is 9.10. The van der Waals surface area contributed by atoms with Crippen LogP contribution >= 0.6 is 11.6 Å². The maximum Gasteiger partial charge on any atom is 0.255 e. The van der Waals surface area contributed by atoms with Crippen LogP contribution < -0.4 is 5.32 Å². The molecule has 0 heterocycles. The molecular formula is C15H11ClN2O. The van der Waals surface area contributed by atoms with Crippen molar-refractivity contribution < 1.29 is 4.79 Å². The van der Waals surface area contributed by atoms with Crippen molar-refractivity contribution in [1.82, 2.24) is 0 Å². The molecule has 94 valence electrons. The summed E-state index contributed by atoms with van der Waals surface area (Å²) in [7, 11) is 0. The normalized spacial score (nSPS) is 9.74. The maximum absolute atomic E-state index is 12.0. The van der Waals surface area contributed by atoms with Crippen LogP contribution in [0.5, 0.6) is 0 Å². The Bertz CT molecular complexity index is 657. The summed E-state index contributed by atoms with van der Waals surface area (Å²) in [5, 5.41) is 12.1. The first-order valence-electron chi connectivity index (χ1n) is 5.68. The number of anilines is 1.